The second-order valence-corrected chi connectivity index (χ2v) is 5.63. The van der Waals surface area contributed by atoms with Crippen LogP contribution in [0.4, 0.5) is 0 Å². The average molecular weight is 295 g/mol. The predicted octanol–water partition coefficient (Wildman–Crippen LogP) is 5.00. The number of rotatable bonds is 2. The van der Waals surface area contributed by atoms with Crippen LogP contribution in [0.25, 0.3) is 0 Å². The monoisotopic (exact) mass is 294 g/mol. The van der Waals surface area contributed by atoms with E-state index in [1.54, 1.807) is 0 Å². The van der Waals surface area contributed by atoms with E-state index in [9.17, 15) is 5.11 Å². The fourth-order valence-electron chi connectivity index (χ4n) is 2.19. The van der Waals surface area contributed by atoms with Crippen LogP contribution in [0.15, 0.2) is 30.3 Å². The summed E-state index contributed by atoms with van der Waals surface area (Å²) in [7, 11) is 0. The van der Waals surface area contributed by atoms with E-state index in [2.05, 4.69) is 0 Å². The van der Waals surface area contributed by atoms with Crippen LogP contribution in [-0.4, -0.2) is 5.11 Å². The summed E-state index contributed by atoms with van der Waals surface area (Å²) in [5, 5.41) is 12.0. The van der Waals surface area contributed by atoms with Crippen LogP contribution in [0.2, 0.25) is 10.0 Å². The number of aryl methyl sites for hydroxylation is 2. The standard InChI is InChI=1S/C16H16Cl2O/c1-9-8-15(18)10(2)7-13(9)16(19)12-5-4-6-14(17)11(12)3/h4-8,16,19H,1-3H3. The maximum Gasteiger partial charge on any atom is 0.105 e. The first kappa shape index (κ1) is 14.4. The first-order chi connectivity index (χ1) is 8.91. The van der Waals surface area contributed by atoms with Gasteiger partial charge in [-0.25, -0.2) is 0 Å². The van der Waals surface area contributed by atoms with Crippen molar-refractivity contribution in [3.63, 3.8) is 0 Å². The summed E-state index contributed by atoms with van der Waals surface area (Å²) < 4.78 is 0. The molecule has 100 valence electrons. The molecular weight excluding hydrogens is 279 g/mol. The van der Waals surface area contributed by atoms with E-state index in [0.717, 1.165) is 32.8 Å². The van der Waals surface area contributed by atoms with Crippen LogP contribution in [-0.2, 0) is 0 Å². The predicted molar refractivity (Wildman–Crippen MR) is 81.2 cm³/mol. The highest BCUT2D eigenvalue weighted by molar-refractivity contribution is 6.31. The number of aliphatic hydroxyl groups excluding tert-OH is 1. The minimum Gasteiger partial charge on any atom is -0.384 e. The van der Waals surface area contributed by atoms with E-state index in [0.29, 0.717) is 5.02 Å². The molecule has 2 rings (SSSR count). The molecule has 0 saturated heterocycles. The lowest BCUT2D eigenvalue weighted by atomic mass is 9.93. The van der Waals surface area contributed by atoms with Gasteiger partial charge in [0.1, 0.15) is 6.10 Å². The van der Waals surface area contributed by atoms with Crippen molar-refractivity contribution in [3.05, 3.63) is 68.2 Å². The van der Waals surface area contributed by atoms with Crippen molar-refractivity contribution in [2.24, 2.45) is 0 Å². The summed E-state index contributed by atoms with van der Waals surface area (Å²) in [6, 6.07) is 9.40. The number of aliphatic hydroxyl groups is 1. The van der Waals surface area contributed by atoms with Gasteiger partial charge in [-0.15, -0.1) is 0 Å². The Labute approximate surface area is 123 Å². The molecule has 0 spiro atoms. The van der Waals surface area contributed by atoms with Gasteiger partial charge >= 0.3 is 0 Å². The molecule has 0 aromatic heterocycles. The van der Waals surface area contributed by atoms with E-state index >= 15 is 0 Å². The van der Waals surface area contributed by atoms with Crippen LogP contribution in [0.3, 0.4) is 0 Å². The molecule has 1 atom stereocenters. The fourth-order valence-corrected chi connectivity index (χ4v) is 2.59. The van der Waals surface area contributed by atoms with Crippen LogP contribution in [0, 0.1) is 20.8 Å². The Kier molecular flexibility index (Phi) is 4.19. The minimum absolute atomic E-state index is 0.667. The lowest BCUT2D eigenvalue weighted by Crippen LogP contribution is -2.05. The van der Waals surface area contributed by atoms with Crippen LogP contribution in [0.1, 0.15) is 33.9 Å². The molecule has 2 aromatic rings. The summed E-state index contributed by atoms with van der Waals surface area (Å²) in [5.74, 6) is 0. The van der Waals surface area contributed by atoms with E-state index < -0.39 is 6.10 Å². The third kappa shape index (κ3) is 2.79. The third-order valence-corrected chi connectivity index (χ3v) is 4.26. The second kappa shape index (κ2) is 5.54. The molecule has 3 heteroatoms. The van der Waals surface area contributed by atoms with E-state index in [1.165, 1.54) is 0 Å². The second-order valence-electron chi connectivity index (χ2n) is 4.81. The quantitative estimate of drug-likeness (QED) is 0.826. The zero-order valence-electron chi connectivity index (χ0n) is 11.2. The number of hydrogen-bond acceptors (Lipinski definition) is 1. The topological polar surface area (TPSA) is 20.2 Å². The number of hydrogen-bond donors (Lipinski definition) is 1. The van der Waals surface area contributed by atoms with Gasteiger partial charge in [-0.05, 0) is 60.7 Å². The molecule has 0 aliphatic carbocycles. The van der Waals surface area contributed by atoms with Gasteiger partial charge < -0.3 is 5.11 Å². The highest BCUT2D eigenvalue weighted by atomic mass is 35.5. The maximum atomic E-state index is 10.6. The Morgan fingerprint density at radius 2 is 1.58 bits per heavy atom. The molecule has 0 aliphatic rings. The van der Waals surface area contributed by atoms with Gasteiger partial charge in [0, 0.05) is 10.0 Å². The lowest BCUT2D eigenvalue weighted by Gasteiger charge is -2.18. The molecule has 0 radical (unpaired) electrons. The van der Waals surface area contributed by atoms with Gasteiger partial charge in [-0.1, -0.05) is 41.4 Å². The van der Waals surface area contributed by atoms with E-state index in [-0.39, 0.29) is 0 Å². The van der Waals surface area contributed by atoms with Crippen molar-refractivity contribution in [1.29, 1.82) is 0 Å². The third-order valence-electron chi connectivity index (χ3n) is 3.45. The molecule has 19 heavy (non-hydrogen) atoms. The number of halogens is 2. The Morgan fingerprint density at radius 3 is 2.26 bits per heavy atom. The molecular formula is C16H16Cl2O. The van der Waals surface area contributed by atoms with Gasteiger partial charge in [0.2, 0.25) is 0 Å². The van der Waals surface area contributed by atoms with Crippen molar-refractivity contribution >= 4 is 23.2 Å². The molecule has 1 N–H and O–H groups in total. The summed E-state index contributed by atoms with van der Waals surface area (Å²) in [6.07, 6.45) is -0.685. The van der Waals surface area contributed by atoms with E-state index in [1.807, 2.05) is 51.1 Å². The van der Waals surface area contributed by atoms with Crippen molar-refractivity contribution in [2.45, 2.75) is 26.9 Å². The van der Waals surface area contributed by atoms with Crippen molar-refractivity contribution < 1.29 is 5.11 Å². The summed E-state index contributed by atoms with van der Waals surface area (Å²) >= 11 is 12.2. The van der Waals surface area contributed by atoms with E-state index in [4.69, 9.17) is 23.2 Å². The number of benzene rings is 2. The summed E-state index contributed by atoms with van der Waals surface area (Å²) in [4.78, 5) is 0. The van der Waals surface area contributed by atoms with Crippen molar-refractivity contribution in [1.82, 2.24) is 0 Å². The molecule has 0 amide bonds. The Hall–Kier alpha value is -1.02. The Morgan fingerprint density at radius 1 is 0.895 bits per heavy atom. The zero-order chi connectivity index (χ0) is 14.2. The van der Waals surface area contributed by atoms with Crippen molar-refractivity contribution in [3.8, 4) is 0 Å². The Bertz CT molecular complexity index is 620. The molecule has 0 fully saturated rings. The molecule has 0 saturated carbocycles. The molecule has 0 heterocycles. The normalized spacial score (nSPS) is 12.5. The average Bonchev–Trinajstić information content (AvgIpc) is 2.36. The van der Waals surface area contributed by atoms with Gasteiger partial charge in [0.15, 0.2) is 0 Å². The molecule has 0 aliphatic heterocycles. The van der Waals surface area contributed by atoms with Crippen LogP contribution < -0.4 is 0 Å². The highest BCUT2D eigenvalue weighted by Crippen LogP contribution is 2.32. The summed E-state index contributed by atoms with van der Waals surface area (Å²) in [6.45, 7) is 5.80. The molecule has 1 unspecified atom stereocenters. The molecule has 0 bridgehead atoms. The smallest absolute Gasteiger partial charge is 0.105 e. The Balaban J connectivity index is 2.53. The maximum absolute atomic E-state index is 10.6. The van der Waals surface area contributed by atoms with Crippen LogP contribution >= 0.6 is 23.2 Å². The van der Waals surface area contributed by atoms with Crippen LogP contribution in [0.5, 0.6) is 0 Å². The largest absolute Gasteiger partial charge is 0.384 e. The lowest BCUT2D eigenvalue weighted by molar-refractivity contribution is 0.218. The SMILES string of the molecule is Cc1cc(C(O)c2cccc(Cl)c2C)c(C)cc1Cl. The molecule has 2 aromatic carbocycles. The fraction of sp³-hybridized carbons (Fsp3) is 0.250. The minimum atomic E-state index is -0.685. The highest BCUT2D eigenvalue weighted by Gasteiger charge is 2.17. The van der Waals surface area contributed by atoms with Gasteiger partial charge in [-0.2, -0.15) is 0 Å². The van der Waals surface area contributed by atoms with Gasteiger partial charge in [0.25, 0.3) is 0 Å². The van der Waals surface area contributed by atoms with Gasteiger partial charge in [0.05, 0.1) is 0 Å². The first-order valence-electron chi connectivity index (χ1n) is 6.11. The zero-order valence-corrected chi connectivity index (χ0v) is 12.7. The molecule has 1 nitrogen and oxygen atoms in total. The summed E-state index contributed by atoms with van der Waals surface area (Å²) in [5.41, 5.74) is 4.54. The first-order valence-corrected chi connectivity index (χ1v) is 6.87. The van der Waals surface area contributed by atoms with Crippen molar-refractivity contribution in [2.75, 3.05) is 0 Å². The van der Waals surface area contributed by atoms with Gasteiger partial charge in [-0.3, -0.25) is 0 Å².